The summed E-state index contributed by atoms with van der Waals surface area (Å²) in [5, 5.41) is 1.37. The van der Waals surface area contributed by atoms with Crippen molar-refractivity contribution in [2.75, 3.05) is 0 Å². The molecule has 0 atom stereocenters. The lowest BCUT2D eigenvalue weighted by atomic mass is 10.2. The number of benzene rings is 1. The Morgan fingerprint density at radius 2 is 2.12 bits per heavy atom. The number of pyridine rings is 1. The Labute approximate surface area is 103 Å². The van der Waals surface area contributed by atoms with Gasteiger partial charge in [-0.15, -0.1) is 0 Å². The molecule has 0 bridgehead atoms. The van der Waals surface area contributed by atoms with E-state index >= 15 is 0 Å². The Kier molecular flexibility index (Phi) is 3.59. The summed E-state index contributed by atoms with van der Waals surface area (Å²) in [6, 6.07) is 11.1. The molecule has 0 aliphatic carbocycles. The van der Waals surface area contributed by atoms with Gasteiger partial charge < -0.3 is 0 Å². The van der Waals surface area contributed by atoms with E-state index in [1.54, 1.807) is 18.3 Å². The first-order chi connectivity index (χ1) is 7.79. The molecule has 0 spiro atoms. The Bertz CT molecular complexity index is 502. The van der Waals surface area contributed by atoms with E-state index in [4.69, 9.17) is 11.6 Å². The van der Waals surface area contributed by atoms with Crippen molar-refractivity contribution in [1.82, 2.24) is 4.98 Å². The van der Waals surface area contributed by atoms with Crippen LogP contribution < -0.4 is 0 Å². The summed E-state index contributed by atoms with van der Waals surface area (Å²) < 4.78 is 0. The third-order valence-corrected chi connectivity index (χ3v) is 3.23. The second-order valence-electron chi connectivity index (χ2n) is 3.07. The van der Waals surface area contributed by atoms with Gasteiger partial charge in [-0.3, -0.25) is 4.79 Å². The lowest BCUT2D eigenvalue weighted by molar-refractivity contribution is 0.112. The Morgan fingerprint density at radius 3 is 2.75 bits per heavy atom. The molecule has 0 saturated heterocycles. The zero-order valence-electron chi connectivity index (χ0n) is 8.26. The number of halogens is 1. The van der Waals surface area contributed by atoms with Crippen LogP contribution in [0.1, 0.15) is 10.4 Å². The van der Waals surface area contributed by atoms with E-state index in [0.717, 1.165) is 16.2 Å². The average molecular weight is 250 g/mol. The Morgan fingerprint density at radius 1 is 1.25 bits per heavy atom. The highest BCUT2D eigenvalue weighted by atomic mass is 35.5. The van der Waals surface area contributed by atoms with Gasteiger partial charge in [-0.25, -0.2) is 4.98 Å². The van der Waals surface area contributed by atoms with Gasteiger partial charge >= 0.3 is 0 Å². The van der Waals surface area contributed by atoms with Gasteiger partial charge in [0.25, 0.3) is 0 Å². The molecular formula is C12H8ClNOS. The van der Waals surface area contributed by atoms with Crippen molar-refractivity contribution in [3.05, 3.63) is 53.2 Å². The van der Waals surface area contributed by atoms with E-state index in [0.29, 0.717) is 10.6 Å². The van der Waals surface area contributed by atoms with Crippen LogP contribution in [0.2, 0.25) is 5.02 Å². The fraction of sp³-hybridized carbons (Fsp3) is 0. The van der Waals surface area contributed by atoms with Crippen molar-refractivity contribution in [2.45, 2.75) is 9.92 Å². The minimum atomic E-state index is 0.468. The molecule has 0 amide bonds. The van der Waals surface area contributed by atoms with Crippen molar-refractivity contribution in [1.29, 1.82) is 0 Å². The zero-order chi connectivity index (χ0) is 11.4. The molecule has 80 valence electrons. The van der Waals surface area contributed by atoms with Gasteiger partial charge in [-0.1, -0.05) is 29.4 Å². The number of aromatic nitrogens is 1. The van der Waals surface area contributed by atoms with Crippen LogP contribution in [0, 0.1) is 0 Å². The van der Waals surface area contributed by atoms with E-state index in [2.05, 4.69) is 4.98 Å². The standard InChI is InChI=1S/C12H8ClNOS/c13-11-7-10(5-4-9(11)8-15)16-12-3-1-2-6-14-12/h1-8H. The molecule has 2 rings (SSSR count). The molecular weight excluding hydrogens is 242 g/mol. The van der Waals surface area contributed by atoms with Crippen molar-refractivity contribution >= 4 is 29.6 Å². The average Bonchev–Trinajstić information content (AvgIpc) is 2.31. The highest BCUT2D eigenvalue weighted by molar-refractivity contribution is 7.99. The fourth-order valence-corrected chi connectivity index (χ4v) is 2.30. The molecule has 2 aromatic rings. The first-order valence-electron chi connectivity index (χ1n) is 4.63. The molecule has 0 radical (unpaired) electrons. The smallest absolute Gasteiger partial charge is 0.151 e. The largest absolute Gasteiger partial charge is 0.298 e. The number of carbonyl (C=O) groups is 1. The predicted octanol–water partition coefficient (Wildman–Crippen LogP) is 3.70. The van der Waals surface area contributed by atoms with Gasteiger partial charge in [0.15, 0.2) is 6.29 Å². The van der Waals surface area contributed by atoms with Gasteiger partial charge in [0, 0.05) is 16.7 Å². The maximum Gasteiger partial charge on any atom is 0.151 e. The number of rotatable bonds is 3. The Hall–Kier alpha value is -1.32. The van der Waals surface area contributed by atoms with Gasteiger partial charge in [-0.05, 0) is 30.3 Å². The first kappa shape index (κ1) is 11.2. The third kappa shape index (κ3) is 2.62. The van der Waals surface area contributed by atoms with Crippen LogP contribution in [-0.2, 0) is 0 Å². The number of aldehydes is 1. The van der Waals surface area contributed by atoms with Gasteiger partial charge in [-0.2, -0.15) is 0 Å². The maximum atomic E-state index is 10.6. The van der Waals surface area contributed by atoms with Crippen LogP contribution in [0.15, 0.2) is 52.5 Å². The van der Waals surface area contributed by atoms with E-state index in [1.165, 1.54) is 11.8 Å². The lowest BCUT2D eigenvalue weighted by Gasteiger charge is -2.02. The predicted molar refractivity (Wildman–Crippen MR) is 65.2 cm³/mol. The molecule has 1 heterocycles. The SMILES string of the molecule is O=Cc1ccc(Sc2ccccn2)cc1Cl. The molecule has 0 aliphatic heterocycles. The minimum absolute atomic E-state index is 0.468. The number of hydrogen-bond donors (Lipinski definition) is 0. The molecule has 0 saturated carbocycles. The maximum absolute atomic E-state index is 10.6. The number of carbonyl (C=O) groups excluding carboxylic acids is 1. The van der Waals surface area contributed by atoms with E-state index in [1.807, 2.05) is 24.3 Å². The van der Waals surface area contributed by atoms with Crippen LogP contribution in [0.4, 0.5) is 0 Å². The summed E-state index contributed by atoms with van der Waals surface area (Å²) in [4.78, 5) is 15.8. The molecule has 0 unspecified atom stereocenters. The normalized spacial score (nSPS) is 10.1. The second-order valence-corrected chi connectivity index (χ2v) is 4.57. The summed E-state index contributed by atoms with van der Waals surface area (Å²) in [5.41, 5.74) is 0.507. The molecule has 1 aromatic carbocycles. The van der Waals surface area contributed by atoms with Crippen LogP contribution in [0.3, 0.4) is 0 Å². The monoisotopic (exact) mass is 249 g/mol. The first-order valence-corrected chi connectivity index (χ1v) is 5.82. The van der Waals surface area contributed by atoms with E-state index < -0.39 is 0 Å². The molecule has 4 heteroatoms. The van der Waals surface area contributed by atoms with Crippen LogP contribution in [0.25, 0.3) is 0 Å². The Balaban J connectivity index is 2.23. The highest BCUT2D eigenvalue weighted by Crippen LogP contribution is 2.28. The van der Waals surface area contributed by atoms with E-state index in [-0.39, 0.29) is 0 Å². The highest BCUT2D eigenvalue weighted by Gasteiger charge is 2.02. The molecule has 0 N–H and O–H groups in total. The summed E-state index contributed by atoms with van der Waals surface area (Å²) in [6.07, 6.45) is 2.49. The molecule has 0 fully saturated rings. The zero-order valence-corrected chi connectivity index (χ0v) is 9.83. The molecule has 16 heavy (non-hydrogen) atoms. The van der Waals surface area contributed by atoms with E-state index in [9.17, 15) is 4.79 Å². The molecule has 0 aliphatic rings. The van der Waals surface area contributed by atoms with Crippen molar-refractivity contribution in [3.8, 4) is 0 Å². The van der Waals surface area contributed by atoms with Crippen LogP contribution >= 0.6 is 23.4 Å². The fourth-order valence-electron chi connectivity index (χ4n) is 1.20. The number of nitrogens with zero attached hydrogens (tertiary/aromatic N) is 1. The number of hydrogen-bond acceptors (Lipinski definition) is 3. The van der Waals surface area contributed by atoms with Crippen molar-refractivity contribution in [3.63, 3.8) is 0 Å². The molecule has 2 nitrogen and oxygen atoms in total. The summed E-state index contributed by atoms with van der Waals surface area (Å²) in [5.74, 6) is 0. The van der Waals surface area contributed by atoms with Crippen LogP contribution in [-0.4, -0.2) is 11.3 Å². The lowest BCUT2D eigenvalue weighted by Crippen LogP contribution is -1.83. The quantitative estimate of drug-likeness (QED) is 0.777. The van der Waals surface area contributed by atoms with Gasteiger partial charge in [0.1, 0.15) is 5.03 Å². The van der Waals surface area contributed by atoms with Gasteiger partial charge in [0.2, 0.25) is 0 Å². The van der Waals surface area contributed by atoms with Crippen molar-refractivity contribution in [2.24, 2.45) is 0 Å². The topological polar surface area (TPSA) is 30.0 Å². The molecule has 1 aromatic heterocycles. The summed E-state index contributed by atoms with van der Waals surface area (Å²) in [7, 11) is 0. The van der Waals surface area contributed by atoms with Crippen LogP contribution in [0.5, 0.6) is 0 Å². The third-order valence-electron chi connectivity index (χ3n) is 1.96. The summed E-state index contributed by atoms with van der Waals surface area (Å²) in [6.45, 7) is 0. The van der Waals surface area contributed by atoms with Crippen molar-refractivity contribution < 1.29 is 4.79 Å². The summed E-state index contributed by atoms with van der Waals surface area (Å²) >= 11 is 7.44. The van der Waals surface area contributed by atoms with Gasteiger partial charge in [0.05, 0.1) is 5.02 Å². The second kappa shape index (κ2) is 5.14. The minimum Gasteiger partial charge on any atom is -0.298 e.